The highest BCUT2D eigenvalue weighted by Gasteiger charge is 2.12. The molecule has 1 aromatic carbocycles. The number of carboxylic acid groups (broad SMARTS) is 1. The maximum Gasteiger partial charge on any atom is 0.320 e. The van der Waals surface area contributed by atoms with E-state index in [0.717, 1.165) is 18.2 Å². The van der Waals surface area contributed by atoms with Crippen LogP contribution < -0.4 is 5.73 Å². The lowest BCUT2D eigenvalue weighted by Gasteiger charge is -2.06. The van der Waals surface area contributed by atoms with Crippen molar-refractivity contribution < 1.29 is 22.9 Å². The highest BCUT2D eigenvalue weighted by atomic mass is 16.4. The van der Waals surface area contributed by atoms with E-state index in [2.05, 4.69) is 0 Å². The number of phenolic OH excluding ortho intramolecular Hbond substituents is 2. The van der Waals surface area contributed by atoms with E-state index in [9.17, 15) is 9.90 Å². The molecular formula is C9H11NO4. The van der Waals surface area contributed by atoms with Crippen LogP contribution in [0, 0.1) is 0 Å². The zero-order valence-corrected chi connectivity index (χ0v) is 7.14. The summed E-state index contributed by atoms with van der Waals surface area (Å²) in [7, 11) is 0. The van der Waals surface area contributed by atoms with Crippen LogP contribution in [-0.2, 0) is 11.2 Å². The van der Waals surface area contributed by atoms with E-state index in [1.807, 2.05) is 0 Å². The highest BCUT2D eigenvalue weighted by molar-refractivity contribution is 5.73. The second-order valence-electron chi connectivity index (χ2n) is 2.66. The first kappa shape index (κ1) is 7.64. The van der Waals surface area contributed by atoms with Gasteiger partial charge < -0.3 is 21.1 Å². The number of carboxylic acids is 1. The molecule has 0 heterocycles. The number of benzene rings is 1. The van der Waals surface area contributed by atoms with Gasteiger partial charge >= 0.3 is 5.97 Å². The van der Waals surface area contributed by atoms with Gasteiger partial charge in [0.25, 0.3) is 0 Å². The smallest absolute Gasteiger partial charge is 0.320 e. The lowest BCUT2D eigenvalue weighted by atomic mass is 10.1. The fourth-order valence-corrected chi connectivity index (χ4v) is 0.855. The molecule has 5 nitrogen and oxygen atoms in total. The molecule has 0 unspecified atom stereocenters. The SMILES string of the molecule is [2H]C([2H])(c1ccc(O)c(O)c1)[C@H](N)C(=O)O. The van der Waals surface area contributed by atoms with Gasteiger partial charge in [-0.2, -0.15) is 0 Å². The molecule has 1 rings (SSSR count). The van der Waals surface area contributed by atoms with Gasteiger partial charge in [-0.05, 0) is 24.1 Å². The van der Waals surface area contributed by atoms with Gasteiger partial charge in [0, 0.05) is 2.74 Å². The average molecular weight is 199 g/mol. The van der Waals surface area contributed by atoms with E-state index in [0.29, 0.717) is 0 Å². The second kappa shape index (κ2) is 3.97. The Kier molecular flexibility index (Phi) is 2.17. The van der Waals surface area contributed by atoms with E-state index in [4.69, 9.17) is 18.7 Å². The third-order valence-electron chi connectivity index (χ3n) is 1.56. The van der Waals surface area contributed by atoms with Gasteiger partial charge in [-0.25, -0.2) is 0 Å². The van der Waals surface area contributed by atoms with Crippen molar-refractivity contribution in [2.75, 3.05) is 0 Å². The largest absolute Gasteiger partial charge is 0.504 e. The van der Waals surface area contributed by atoms with Crippen LogP contribution >= 0.6 is 0 Å². The summed E-state index contributed by atoms with van der Waals surface area (Å²) >= 11 is 0. The Bertz CT molecular complexity index is 422. The standard InChI is InChI=1S/C9H11NO4/c10-6(9(13)14)3-5-1-2-7(11)8(12)4-5/h1-2,4,6,11-12H,3,10H2,(H,13,14)/t6-/m0/s1/i3D2. The van der Waals surface area contributed by atoms with E-state index >= 15 is 0 Å². The molecular weight excluding hydrogens is 186 g/mol. The van der Waals surface area contributed by atoms with Crippen molar-refractivity contribution in [1.29, 1.82) is 0 Å². The third kappa shape index (κ3) is 2.37. The van der Waals surface area contributed by atoms with Crippen molar-refractivity contribution in [3.8, 4) is 11.5 Å². The molecule has 0 radical (unpaired) electrons. The van der Waals surface area contributed by atoms with Gasteiger partial charge in [0.1, 0.15) is 6.04 Å². The molecule has 0 saturated heterocycles. The third-order valence-corrected chi connectivity index (χ3v) is 1.56. The topological polar surface area (TPSA) is 104 Å². The van der Waals surface area contributed by atoms with Crippen LogP contribution in [0.2, 0.25) is 0 Å². The summed E-state index contributed by atoms with van der Waals surface area (Å²) in [5.41, 5.74) is 5.08. The van der Waals surface area contributed by atoms with E-state index < -0.39 is 29.9 Å². The quantitative estimate of drug-likeness (QED) is 0.515. The van der Waals surface area contributed by atoms with Crippen LogP contribution in [0.25, 0.3) is 0 Å². The Balaban J connectivity index is 3.16. The zero-order valence-electron chi connectivity index (χ0n) is 9.14. The van der Waals surface area contributed by atoms with Crippen LogP contribution in [-0.4, -0.2) is 27.3 Å². The normalized spacial score (nSPS) is 15.5. The van der Waals surface area contributed by atoms with Gasteiger partial charge in [-0.15, -0.1) is 0 Å². The molecule has 5 heteroatoms. The first-order chi connectivity index (χ1) is 7.26. The van der Waals surface area contributed by atoms with Crippen molar-refractivity contribution in [2.45, 2.75) is 12.4 Å². The molecule has 0 aromatic heterocycles. The summed E-state index contributed by atoms with van der Waals surface area (Å²) in [6.45, 7) is 0. The average Bonchev–Trinajstić information content (AvgIpc) is 2.20. The number of hydrogen-bond donors (Lipinski definition) is 4. The molecule has 5 N–H and O–H groups in total. The fraction of sp³-hybridized carbons (Fsp3) is 0.222. The first-order valence-electron chi connectivity index (χ1n) is 4.77. The number of aliphatic carboxylic acids is 1. The molecule has 1 atom stereocenters. The van der Waals surface area contributed by atoms with Gasteiger partial charge in [0.05, 0.1) is 0 Å². The molecule has 0 fully saturated rings. The minimum absolute atomic E-state index is 0.113. The van der Waals surface area contributed by atoms with Gasteiger partial charge in [0.2, 0.25) is 0 Å². The van der Waals surface area contributed by atoms with Gasteiger partial charge in [-0.3, -0.25) is 4.79 Å². The van der Waals surface area contributed by atoms with Crippen molar-refractivity contribution in [3.05, 3.63) is 23.8 Å². The summed E-state index contributed by atoms with van der Waals surface area (Å²) in [6, 6.07) is 1.42. The van der Waals surface area contributed by atoms with E-state index in [-0.39, 0.29) is 5.56 Å². The maximum absolute atomic E-state index is 10.6. The summed E-state index contributed by atoms with van der Waals surface area (Å²) < 4.78 is 15.1. The Morgan fingerprint density at radius 3 is 2.64 bits per heavy atom. The van der Waals surface area contributed by atoms with Crippen LogP contribution in [0.15, 0.2) is 18.2 Å². The lowest BCUT2D eigenvalue weighted by molar-refractivity contribution is -0.138. The monoisotopic (exact) mass is 199 g/mol. The number of carbonyl (C=O) groups is 1. The van der Waals surface area contributed by atoms with E-state index in [1.54, 1.807) is 0 Å². The summed E-state index contributed by atoms with van der Waals surface area (Å²) in [5.74, 6) is -2.43. The second-order valence-corrected chi connectivity index (χ2v) is 2.66. The molecule has 1 aromatic rings. The van der Waals surface area contributed by atoms with Gasteiger partial charge in [-0.1, -0.05) is 6.07 Å². The van der Waals surface area contributed by atoms with Crippen LogP contribution in [0.3, 0.4) is 0 Å². The zero-order chi connectivity index (χ0) is 12.5. The molecule has 0 aliphatic rings. The Labute approximate surface area is 83.2 Å². The summed E-state index contributed by atoms with van der Waals surface area (Å²) in [6.07, 6.45) is -2.34. The van der Waals surface area contributed by atoms with Crippen molar-refractivity contribution in [2.24, 2.45) is 5.73 Å². The number of hydrogen-bond acceptors (Lipinski definition) is 4. The van der Waals surface area contributed by atoms with Crippen molar-refractivity contribution >= 4 is 5.97 Å². The molecule has 0 spiro atoms. The predicted octanol–water partition coefficient (Wildman–Crippen LogP) is 0.0522. The molecule has 0 amide bonds. The minimum atomic E-state index is -2.34. The van der Waals surface area contributed by atoms with Gasteiger partial charge in [0.15, 0.2) is 11.5 Å². The minimum Gasteiger partial charge on any atom is -0.504 e. The molecule has 0 aliphatic heterocycles. The summed E-state index contributed by atoms with van der Waals surface area (Å²) in [4.78, 5) is 10.6. The molecule has 14 heavy (non-hydrogen) atoms. The Morgan fingerprint density at radius 2 is 2.14 bits per heavy atom. The van der Waals surface area contributed by atoms with Crippen molar-refractivity contribution in [3.63, 3.8) is 0 Å². The van der Waals surface area contributed by atoms with Crippen LogP contribution in [0.5, 0.6) is 11.5 Å². The number of phenols is 2. The Hall–Kier alpha value is -1.75. The molecule has 0 aliphatic carbocycles. The first-order valence-corrected chi connectivity index (χ1v) is 3.77. The number of aromatic hydroxyl groups is 2. The summed E-state index contributed by atoms with van der Waals surface area (Å²) in [5, 5.41) is 26.8. The fourth-order valence-electron chi connectivity index (χ4n) is 0.855. The molecule has 0 bridgehead atoms. The Morgan fingerprint density at radius 1 is 1.50 bits per heavy atom. The maximum atomic E-state index is 10.6. The molecule has 76 valence electrons. The number of rotatable bonds is 3. The predicted molar refractivity (Wildman–Crippen MR) is 49.1 cm³/mol. The highest BCUT2D eigenvalue weighted by Crippen LogP contribution is 2.25. The van der Waals surface area contributed by atoms with Crippen molar-refractivity contribution in [1.82, 2.24) is 0 Å². The van der Waals surface area contributed by atoms with E-state index in [1.165, 1.54) is 0 Å². The molecule has 0 saturated carbocycles. The van der Waals surface area contributed by atoms with Crippen LogP contribution in [0.4, 0.5) is 0 Å². The lowest BCUT2D eigenvalue weighted by Crippen LogP contribution is -2.32. The number of nitrogens with two attached hydrogens (primary N) is 1. The van der Waals surface area contributed by atoms with Crippen LogP contribution in [0.1, 0.15) is 8.30 Å².